The van der Waals surface area contributed by atoms with Crippen molar-refractivity contribution in [2.75, 3.05) is 6.54 Å². The molecule has 4 heteroatoms. The second kappa shape index (κ2) is 6.89. The smallest absolute Gasteiger partial charge is 0.220 e. The maximum absolute atomic E-state index is 11.9. The Morgan fingerprint density at radius 1 is 1.09 bits per heavy atom. The normalized spacial score (nSPS) is 10.7. The first-order chi connectivity index (χ1) is 10.8. The van der Waals surface area contributed by atoms with Crippen LogP contribution in [0.15, 0.2) is 55.0 Å². The van der Waals surface area contributed by atoms with Crippen LogP contribution >= 0.6 is 0 Å². The predicted molar refractivity (Wildman–Crippen MR) is 87.6 cm³/mol. The predicted octanol–water partition coefficient (Wildman–Crippen LogP) is 2.85. The Morgan fingerprint density at radius 3 is 2.77 bits per heavy atom. The summed E-state index contributed by atoms with van der Waals surface area (Å²) in [5.74, 6) is 0.0966. The number of H-pyrrole nitrogens is 1. The summed E-state index contributed by atoms with van der Waals surface area (Å²) >= 11 is 0. The SMILES string of the molecule is O=C(CCc1c[nH]c2ccccc12)NCCc1ccncc1. The van der Waals surface area contributed by atoms with Crippen LogP contribution in [0.1, 0.15) is 17.5 Å². The zero-order valence-corrected chi connectivity index (χ0v) is 12.4. The Kier molecular flexibility index (Phi) is 4.49. The van der Waals surface area contributed by atoms with E-state index in [0.717, 1.165) is 18.4 Å². The number of amides is 1. The Balaban J connectivity index is 1.46. The van der Waals surface area contributed by atoms with Gasteiger partial charge in [0.05, 0.1) is 0 Å². The van der Waals surface area contributed by atoms with Crippen LogP contribution in [0.4, 0.5) is 0 Å². The minimum absolute atomic E-state index is 0.0966. The number of carbonyl (C=O) groups excluding carboxylic acids is 1. The van der Waals surface area contributed by atoms with Crippen LogP contribution < -0.4 is 5.32 Å². The maximum atomic E-state index is 11.9. The number of carbonyl (C=O) groups is 1. The molecular weight excluding hydrogens is 274 g/mol. The number of rotatable bonds is 6. The second-order valence-corrected chi connectivity index (χ2v) is 5.31. The fraction of sp³-hybridized carbons (Fsp3) is 0.222. The van der Waals surface area contributed by atoms with Crippen LogP contribution in [0, 0.1) is 0 Å². The van der Waals surface area contributed by atoms with Crippen LogP contribution in [0.5, 0.6) is 0 Å². The number of para-hydroxylation sites is 1. The van der Waals surface area contributed by atoms with Crippen molar-refractivity contribution in [1.29, 1.82) is 0 Å². The molecule has 0 fully saturated rings. The number of benzene rings is 1. The summed E-state index contributed by atoms with van der Waals surface area (Å²) < 4.78 is 0. The molecule has 22 heavy (non-hydrogen) atoms. The molecule has 0 radical (unpaired) electrons. The van der Waals surface area contributed by atoms with Crippen molar-refractivity contribution in [2.45, 2.75) is 19.3 Å². The van der Waals surface area contributed by atoms with Crippen molar-refractivity contribution in [3.05, 3.63) is 66.1 Å². The van der Waals surface area contributed by atoms with Crippen molar-refractivity contribution in [2.24, 2.45) is 0 Å². The Bertz CT molecular complexity index is 749. The number of aromatic amines is 1. The van der Waals surface area contributed by atoms with Crippen LogP contribution in [-0.4, -0.2) is 22.4 Å². The van der Waals surface area contributed by atoms with Gasteiger partial charge in [0.2, 0.25) is 5.91 Å². The van der Waals surface area contributed by atoms with E-state index in [2.05, 4.69) is 21.4 Å². The molecule has 112 valence electrons. The average molecular weight is 293 g/mol. The minimum atomic E-state index is 0.0966. The van der Waals surface area contributed by atoms with Crippen molar-refractivity contribution >= 4 is 16.8 Å². The van der Waals surface area contributed by atoms with E-state index in [1.54, 1.807) is 12.4 Å². The highest BCUT2D eigenvalue weighted by Crippen LogP contribution is 2.18. The number of aromatic nitrogens is 2. The first kappa shape index (κ1) is 14.3. The van der Waals surface area contributed by atoms with E-state index in [9.17, 15) is 4.79 Å². The molecule has 0 unspecified atom stereocenters. The molecule has 0 aliphatic rings. The molecule has 3 aromatic rings. The lowest BCUT2D eigenvalue weighted by atomic mass is 10.1. The molecule has 0 saturated heterocycles. The van der Waals surface area contributed by atoms with E-state index in [-0.39, 0.29) is 5.91 Å². The molecule has 2 aromatic heterocycles. The van der Waals surface area contributed by atoms with Crippen molar-refractivity contribution < 1.29 is 4.79 Å². The molecule has 0 saturated carbocycles. The Labute approximate surface area is 129 Å². The lowest BCUT2D eigenvalue weighted by molar-refractivity contribution is -0.121. The molecule has 1 aromatic carbocycles. The van der Waals surface area contributed by atoms with Gasteiger partial charge < -0.3 is 10.3 Å². The maximum Gasteiger partial charge on any atom is 0.220 e. The number of pyridine rings is 1. The summed E-state index contributed by atoms with van der Waals surface area (Å²) in [6.45, 7) is 0.663. The highest BCUT2D eigenvalue weighted by Gasteiger charge is 2.06. The third-order valence-corrected chi connectivity index (χ3v) is 3.78. The molecule has 1 amide bonds. The van der Waals surface area contributed by atoms with Crippen molar-refractivity contribution in [3.8, 4) is 0 Å². The fourth-order valence-electron chi connectivity index (χ4n) is 2.57. The number of aryl methyl sites for hydroxylation is 1. The summed E-state index contributed by atoms with van der Waals surface area (Å²) in [7, 11) is 0. The number of nitrogens with one attached hydrogen (secondary N) is 2. The highest BCUT2D eigenvalue weighted by atomic mass is 16.1. The minimum Gasteiger partial charge on any atom is -0.361 e. The largest absolute Gasteiger partial charge is 0.361 e. The van der Waals surface area contributed by atoms with Gasteiger partial charge in [-0.3, -0.25) is 9.78 Å². The quantitative estimate of drug-likeness (QED) is 0.734. The zero-order valence-electron chi connectivity index (χ0n) is 12.4. The van der Waals surface area contributed by atoms with Gasteiger partial charge in [-0.05, 0) is 42.2 Å². The van der Waals surface area contributed by atoms with E-state index >= 15 is 0 Å². The number of fused-ring (bicyclic) bond motifs is 1. The van der Waals surface area contributed by atoms with E-state index in [1.807, 2.05) is 36.5 Å². The Hall–Kier alpha value is -2.62. The average Bonchev–Trinajstić information content (AvgIpc) is 2.97. The van der Waals surface area contributed by atoms with E-state index in [0.29, 0.717) is 13.0 Å². The lowest BCUT2D eigenvalue weighted by Crippen LogP contribution is -2.25. The van der Waals surface area contributed by atoms with Gasteiger partial charge in [-0.1, -0.05) is 18.2 Å². The third kappa shape index (κ3) is 3.52. The summed E-state index contributed by atoms with van der Waals surface area (Å²) in [4.78, 5) is 19.2. The topological polar surface area (TPSA) is 57.8 Å². The monoisotopic (exact) mass is 293 g/mol. The highest BCUT2D eigenvalue weighted by molar-refractivity contribution is 5.84. The first-order valence-electron chi connectivity index (χ1n) is 7.53. The molecule has 0 atom stereocenters. The van der Waals surface area contributed by atoms with Gasteiger partial charge >= 0.3 is 0 Å². The summed E-state index contributed by atoms with van der Waals surface area (Å²) in [5, 5.41) is 4.17. The van der Waals surface area contributed by atoms with Crippen molar-refractivity contribution in [3.63, 3.8) is 0 Å². The summed E-state index contributed by atoms with van der Waals surface area (Å²) in [6.07, 6.45) is 7.64. The van der Waals surface area contributed by atoms with Crippen LogP contribution in [0.25, 0.3) is 10.9 Å². The van der Waals surface area contributed by atoms with Crippen molar-refractivity contribution in [1.82, 2.24) is 15.3 Å². The first-order valence-corrected chi connectivity index (χ1v) is 7.53. The molecule has 2 heterocycles. The molecule has 0 aliphatic carbocycles. The van der Waals surface area contributed by atoms with Gasteiger partial charge in [0, 0.05) is 42.5 Å². The molecule has 2 N–H and O–H groups in total. The summed E-state index contributed by atoms with van der Waals surface area (Å²) in [6, 6.07) is 12.1. The van der Waals surface area contributed by atoms with Crippen LogP contribution in [0.3, 0.4) is 0 Å². The van der Waals surface area contributed by atoms with E-state index < -0.39 is 0 Å². The van der Waals surface area contributed by atoms with Crippen LogP contribution in [0.2, 0.25) is 0 Å². The Morgan fingerprint density at radius 2 is 1.91 bits per heavy atom. The molecular formula is C18H19N3O. The second-order valence-electron chi connectivity index (χ2n) is 5.31. The van der Waals surface area contributed by atoms with Crippen LogP contribution in [-0.2, 0) is 17.6 Å². The molecule has 3 rings (SSSR count). The summed E-state index contributed by atoms with van der Waals surface area (Å²) in [5.41, 5.74) is 3.50. The van der Waals surface area contributed by atoms with Gasteiger partial charge in [0.15, 0.2) is 0 Å². The fourth-order valence-corrected chi connectivity index (χ4v) is 2.57. The van der Waals surface area contributed by atoms with E-state index in [1.165, 1.54) is 16.5 Å². The lowest BCUT2D eigenvalue weighted by Gasteiger charge is -2.05. The third-order valence-electron chi connectivity index (χ3n) is 3.78. The van der Waals surface area contributed by atoms with Gasteiger partial charge in [-0.2, -0.15) is 0 Å². The molecule has 4 nitrogen and oxygen atoms in total. The molecule has 0 spiro atoms. The van der Waals surface area contributed by atoms with Gasteiger partial charge in [-0.25, -0.2) is 0 Å². The van der Waals surface area contributed by atoms with Gasteiger partial charge in [-0.15, -0.1) is 0 Å². The number of hydrogen-bond donors (Lipinski definition) is 2. The van der Waals surface area contributed by atoms with E-state index in [4.69, 9.17) is 0 Å². The number of hydrogen-bond acceptors (Lipinski definition) is 2. The zero-order chi connectivity index (χ0) is 15.2. The standard InChI is InChI=1S/C18H19N3O/c22-18(20-12-9-14-7-10-19-11-8-14)6-5-15-13-21-17-4-2-1-3-16(15)17/h1-4,7-8,10-11,13,21H,5-6,9,12H2,(H,20,22). The number of nitrogens with zero attached hydrogens (tertiary/aromatic N) is 1. The van der Waals surface area contributed by atoms with Gasteiger partial charge in [0.1, 0.15) is 0 Å². The molecule has 0 aliphatic heterocycles. The molecule has 0 bridgehead atoms. The van der Waals surface area contributed by atoms with Gasteiger partial charge in [0.25, 0.3) is 0 Å².